The van der Waals surface area contributed by atoms with E-state index in [2.05, 4.69) is 24.8 Å². The van der Waals surface area contributed by atoms with Crippen LogP contribution in [0.5, 0.6) is 11.5 Å². The van der Waals surface area contributed by atoms with Crippen molar-refractivity contribution in [2.75, 3.05) is 13.3 Å². The van der Waals surface area contributed by atoms with E-state index in [1.807, 2.05) is 12.1 Å². The average molecular weight is 263 g/mol. The first-order chi connectivity index (χ1) is 9.07. The van der Waals surface area contributed by atoms with Crippen molar-refractivity contribution >= 4 is 0 Å². The maximum atomic E-state index is 10.2. The largest absolute Gasteiger partial charge is 0.454 e. The molecule has 1 aromatic rings. The quantitative estimate of drug-likeness (QED) is 0.887. The lowest BCUT2D eigenvalue weighted by atomic mass is 9.87. The molecule has 0 aromatic heterocycles. The highest BCUT2D eigenvalue weighted by molar-refractivity contribution is 5.44. The van der Waals surface area contributed by atoms with E-state index in [9.17, 15) is 5.11 Å². The second kappa shape index (κ2) is 4.69. The molecule has 4 nitrogen and oxygen atoms in total. The van der Waals surface area contributed by atoms with Crippen molar-refractivity contribution < 1.29 is 14.6 Å². The molecule has 2 aliphatic rings. The van der Waals surface area contributed by atoms with Gasteiger partial charge in [0.15, 0.2) is 11.5 Å². The van der Waals surface area contributed by atoms with Gasteiger partial charge in [-0.3, -0.25) is 4.90 Å². The topological polar surface area (TPSA) is 41.9 Å². The van der Waals surface area contributed by atoms with E-state index in [0.29, 0.717) is 6.79 Å². The smallest absolute Gasteiger partial charge is 0.231 e. The van der Waals surface area contributed by atoms with E-state index in [1.54, 1.807) is 0 Å². The fourth-order valence-corrected chi connectivity index (χ4v) is 2.87. The first-order valence-corrected chi connectivity index (χ1v) is 6.89. The van der Waals surface area contributed by atoms with Crippen LogP contribution in [0.2, 0.25) is 0 Å². The standard InChI is InChI=1S/C15H21NO3/c1-15(2)14(17)4-3-7-16(15)9-11-5-6-12-13(8-11)19-10-18-12/h5-6,8,14,17H,3-4,7,9-10H2,1-2H3. The van der Waals surface area contributed by atoms with E-state index >= 15 is 0 Å². The van der Waals surface area contributed by atoms with Crippen LogP contribution >= 0.6 is 0 Å². The lowest BCUT2D eigenvalue weighted by Crippen LogP contribution is -2.55. The molecule has 0 bridgehead atoms. The van der Waals surface area contributed by atoms with Gasteiger partial charge in [-0.2, -0.15) is 0 Å². The first kappa shape index (κ1) is 12.8. The Bertz CT molecular complexity index is 472. The van der Waals surface area contributed by atoms with Gasteiger partial charge >= 0.3 is 0 Å². The highest BCUT2D eigenvalue weighted by atomic mass is 16.7. The van der Waals surface area contributed by atoms with E-state index in [4.69, 9.17) is 9.47 Å². The number of ether oxygens (including phenoxy) is 2. The van der Waals surface area contributed by atoms with Crippen LogP contribution in [0.3, 0.4) is 0 Å². The van der Waals surface area contributed by atoms with E-state index in [1.165, 1.54) is 5.56 Å². The molecule has 0 aliphatic carbocycles. The molecule has 3 rings (SSSR count). The SMILES string of the molecule is CC1(C)C(O)CCCN1Cc1ccc2c(c1)OCO2. The van der Waals surface area contributed by atoms with Gasteiger partial charge in [-0.15, -0.1) is 0 Å². The van der Waals surface area contributed by atoms with Crippen LogP contribution in [0.25, 0.3) is 0 Å². The van der Waals surface area contributed by atoms with Crippen molar-refractivity contribution in [3.63, 3.8) is 0 Å². The van der Waals surface area contributed by atoms with Crippen molar-refractivity contribution in [3.8, 4) is 11.5 Å². The van der Waals surface area contributed by atoms with Gasteiger partial charge in [-0.05, 0) is 50.9 Å². The molecule has 2 heterocycles. The molecule has 1 N–H and O–H groups in total. The Balaban J connectivity index is 1.77. The summed E-state index contributed by atoms with van der Waals surface area (Å²) < 4.78 is 10.7. The van der Waals surface area contributed by atoms with E-state index in [-0.39, 0.29) is 11.6 Å². The van der Waals surface area contributed by atoms with Gasteiger partial charge in [0.05, 0.1) is 6.10 Å². The number of likely N-dealkylation sites (tertiary alicyclic amines) is 1. The number of aliphatic hydroxyl groups is 1. The van der Waals surface area contributed by atoms with Crippen LogP contribution in [-0.2, 0) is 6.54 Å². The van der Waals surface area contributed by atoms with Crippen LogP contribution in [-0.4, -0.2) is 35.0 Å². The summed E-state index contributed by atoms with van der Waals surface area (Å²) in [7, 11) is 0. The Kier molecular flexibility index (Phi) is 3.15. The van der Waals surface area contributed by atoms with Crippen molar-refractivity contribution in [1.29, 1.82) is 0 Å². The van der Waals surface area contributed by atoms with Gasteiger partial charge in [0.1, 0.15) is 0 Å². The molecule has 19 heavy (non-hydrogen) atoms. The van der Waals surface area contributed by atoms with Crippen LogP contribution in [0.1, 0.15) is 32.3 Å². The number of benzene rings is 1. The summed E-state index contributed by atoms with van der Waals surface area (Å²) in [6.07, 6.45) is 1.69. The summed E-state index contributed by atoms with van der Waals surface area (Å²) in [4.78, 5) is 2.35. The van der Waals surface area contributed by atoms with Crippen LogP contribution in [0, 0.1) is 0 Å². The Morgan fingerprint density at radius 1 is 1.32 bits per heavy atom. The summed E-state index contributed by atoms with van der Waals surface area (Å²) in [6.45, 7) is 6.40. The Morgan fingerprint density at radius 3 is 2.95 bits per heavy atom. The molecule has 0 saturated carbocycles. The summed E-state index contributed by atoms with van der Waals surface area (Å²) in [5.41, 5.74) is 1.03. The van der Waals surface area contributed by atoms with Gasteiger partial charge in [-0.1, -0.05) is 6.07 Å². The summed E-state index contributed by atoms with van der Waals surface area (Å²) >= 11 is 0. The van der Waals surface area contributed by atoms with E-state index < -0.39 is 0 Å². The Hall–Kier alpha value is -1.26. The summed E-state index contributed by atoms with van der Waals surface area (Å²) in [6, 6.07) is 6.08. The molecule has 0 amide bonds. The molecular formula is C15H21NO3. The monoisotopic (exact) mass is 263 g/mol. The lowest BCUT2D eigenvalue weighted by molar-refractivity contribution is -0.0481. The highest BCUT2D eigenvalue weighted by Crippen LogP contribution is 2.34. The highest BCUT2D eigenvalue weighted by Gasteiger charge is 2.37. The van der Waals surface area contributed by atoms with Gasteiger partial charge in [0.2, 0.25) is 6.79 Å². The van der Waals surface area contributed by atoms with E-state index in [0.717, 1.165) is 37.4 Å². The predicted octanol–water partition coefficient (Wildman–Crippen LogP) is 2.15. The van der Waals surface area contributed by atoms with Crippen molar-refractivity contribution in [2.45, 2.75) is 44.9 Å². The maximum Gasteiger partial charge on any atom is 0.231 e. The maximum absolute atomic E-state index is 10.2. The number of nitrogens with zero attached hydrogens (tertiary/aromatic N) is 1. The third kappa shape index (κ3) is 2.30. The lowest BCUT2D eigenvalue weighted by Gasteiger charge is -2.46. The molecule has 4 heteroatoms. The zero-order chi connectivity index (χ0) is 13.5. The fourth-order valence-electron chi connectivity index (χ4n) is 2.87. The molecule has 1 unspecified atom stereocenters. The molecule has 1 atom stereocenters. The number of aliphatic hydroxyl groups excluding tert-OH is 1. The first-order valence-electron chi connectivity index (χ1n) is 6.89. The van der Waals surface area contributed by atoms with Gasteiger partial charge < -0.3 is 14.6 Å². The number of hydrogen-bond donors (Lipinski definition) is 1. The Morgan fingerprint density at radius 2 is 2.11 bits per heavy atom. The van der Waals surface area contributed by atoms with Gasteiger partial charge in [-0.25, -0.2) is 0 Å². The number of fused-ring (bicyclic) bond motifs is 1. The number of piperidine rings is 1. The minimum absolute atomic E-state index is 0.172. The average Bonchev–Trinajstić information content (AvgIpc) is 2.83. The molecular weight excluding hydrogens is 242 g/mol. The second-order valence-corrected chi connectivity index (χ2v) is 5.92. The van der Waals surface area contributed by atoms with Gasteiger partial charge in [0.25, 0.3) is 0 Å². The molecule has 0 radical (unpaired) electrons. The molecule has 2 aliphatic heterocycles. The third-order valence-electron chi connectivity index (χ3n) is 4.35. The molecule has 1 saturated heterocycles. The van der Waals surface area contributed by atoms with Crippen LogP contribution in [0.15, 0.2) is 18.2 Å². The van der Waals surface area contributed by atoms with Crippen molar-refractivity contribution in [1.82, 2.24) is 4.90 Å². The van der Waals surface area contributed by atoms with Gasteiger partial charge in [0, 0.05) is 12.1 Å². The zero-order valence-electron chi connectivity index (χ0n) is 11.6. The predicted molar refractivity (Wildman–Crippen MR) is 72.3 cm³/mol. The summed E-state index contributed by atoms with van der Waals surface area (Å²) in [5, 5.41) is 10.2. The summed E-state index contributed by atoms with van der Waals surface area (Å²) in [5.74, 6) is 1.65. The van der Waals surface area contributed by atoms with Crippen molar-refractivity contribution in [2.24, 2.45) is 0 Å². The molecule has 1 fully saturated rings. The minimum Gasteiger partial charge on any atom is -0.454 e. The van der Waals surface area contributed by atoms with Crippen LogP contribution in [0.4, 0.5) is 0 Å². The fraction of sp³-hybridized carbons (Fsp3) is 0.600. The number of hydrogen-bond acceptors (Lipinski definition) is 4. The molecule has 0 spiro atoms. The second-order valence-electron chi connectivity index (χ2n) is 5.92. The zero-order valence-corrected chi connectivity index (χ0v) is 11.6. The Labute approximate surface area is 113 Å². The molecule has 104 valence electrons. The number of rotatable bonds is 2. The normalized spacial score (nSPS) is 25.5. The third-order valence-corrected chi connectivity index (χ3v) is 4.35. The van der Waals surface area contributed by atoms with Crippen LogP contribution < -0.4 is 9.47 Å². The molecule has 1 aromatic carbocycles. The van der Waals surface area contributed by atoms with Crippen molar-refractivity contribution in [3.05, 3.63) is 23.8 Å². The minimum atomic E-state index is -0.254.